The third-order valence-electron chi connectivity index (χ3n) is 9.66. The van der Waals surface area contributed by atoms with E-state index in [2.05, 4.69) is 21.8 Å². The number of benzene rings is 3. The number of ether oxygens (including phenoxy) is 1. The number of nitrogens with zero attached hydrogens (tertiary/aromatic N) is 6. The molecule has 4 heterocycles. The number of aromatic nitrogens is 1. The van der Waals surface area contributed by atoms with E-state index in [0.717, 1.165) is 36.0 Å². The molecule has 4 aromatic rings. The highest BCUT2D eigenvalue weighted by atomic mass is 35.5. The van der Waals surface area contributed by atoms with E-state index in [1.54, 1.807) is 31.5 Å². The Bertz CT molecular complexity index is 1990. The second kappa shape index (κ2) is 12.7. The second-order valence-electron chi connectivity index (χ2n) is 12.4. The number of piperazine rings is 1. The van der Waals surface area contributed by atoms with Crippen LogP contribution in [-0.2, 0) is 26.9 Å². The summed E-state index contributed by atoms with van der Waals surface area (Å²) in [5, 5.41) is 9.69. The van der Waals surface area contributed by atoms with Crippen molar-refractivity contribution in [2.75, 3.05) is 51.2 Å². The maximum atomic E-state index is 15.5. The third-order valence-corrected chi connectivity index (χ3v) is 11.6. The molecular formula is C35H35ClN6O5S. The van der Waals surface area contributed by atoms with E-state index >= 15 is 4.79 Å². The van der Waals surface area contributed by atoms with Crippen LogP contribution in [-0.4, -0.2) is 80.9 Å². The molecule has 1 aromatic heterocycles. The van der Waals surface area contributed by atoms with Gasteiger partial charge in [0, 0.05) is 55.4 Å². The summed E-state index contributed by atoms with van der Waals surface area (Å²) < 4.78 is 41.8. The third kappa shape index (κ3) is 5.27. The molecule has 2 unspecified atom stereocenters. The number of halogens is 1. The molecule has 2 fully saturated rings. The molecule has 0 aliphatic carbocycles. The number of rotatable bonds is 8. The average molecular weight is 687 g/mol. The minimum Gasteiger partial charge on any atom is -0.496 e. The van der Waals surface area contributed by atoms with Crippen molar-refractivity contribution in [3.05, 3.63) is 106 Å². The predicted molar refractivity (Wildman–Crippen MR) is 179 cm³/mol. The summed E-state index contributed by atoms with van der Waals surface area (Å²) in [5.41, 5.74) is 0.714. The summed E-state index contributed by atoms with van der Waals surface area (Å²) >= 11 is 6.69. The van der Waals surface area contributed by atoms with Gasteiger partial charge in [-0.3, -0.25) is 14.6 Å². The Morgan fingerprint density at radius 2 is 1.81 bits per heavy atom. The number of anilines is 1. The number of hydrogen-bond acceptors (Lipinski definition) is 10. The van der Waals surface area contributed by atoms with E-state index in [-0.39, 0.29) is 10.6 Å². The SMILES string of the molecule is COc1ccc(CN2CCN(C)CC2)cc1C1(N2CCCC2c2ncco2)C(=O)N(S(=O)(=O)c2ccc(C#N)cc2)c2ccc(Cl)cc21. The number of hydrogen-bond donors (Lipinski definition) is 0. The van der Waals surface area contributed by atoms with Crippen molar-refractivity contribution in [2.24, 2.45) is 0 Å². The highest BCUT2D eigenvalue weighted by molar-refractivity contribution is 7.93. The number of carbonyl (C=O) groups excluding carboxylic acids is 1. The van der Waals surface area contributed by atoms with Crippen LogP contribution < -0.4 is 9.04 Å². The summed E-state index contributed by atoms with van der Waals surface area (Å²) in [7, 11) is -0.807. The van der Waals surface area contributed by atoms with Crippen LogP contribution in [0.2, 0.25) is 5.02 Å². The Labute approximate surface area is 284 Å². The van der Waals surface area contributed by atoms with Crippen molar-refractivity contribution in [3.63, 3.8) is 0 Å². The largest absolute Gasteiger partial charge is 0.496 e. The highest BCUT2D eigenvalue weighted by Gasteiger charge is 2.62. The second-order valence-corrected chi connectivity index (χ2v) is 14.6. The summed E-state index contributed by atoms with van der Waals surface area (Å²) in [4.78, 5) is 26.6. The molecular weight excluding hydrogens is 652 g/mol. The minimum absolute atomic E-state index is 0.118. The Morgan fingerprint density at radius 3 is 2.50 bits per heavy atom. The topological polar surface area (TPSA) is 123 Å². The first-order chi connectivity index (χ1) is 23.2. The number of methoxy groups -OCH3 is 1. The van der Waals surface area contributed by atoms with Crippen LogP contribution in [0.25, 0.3) is 0 Å². The molecule has 0 N–H and O–H groups in total. The molecule has 11 nitrogen and oxygen atoms in total. The molecule has 1 amide bonds. The molecule has 3 aliphatic rings. The molecule has 0 saturated carbocycles. The molecule has 0 bridgehead atoms. The lowest BCUT2D eigenvalue weighted by Crippen LogP contribution is -2.54. The van der Waals surface area contributed by atoms with E-state index in [1.807, 2.05) is 29.2 Å². The van der Waals surface area contributed by atoms with Gasteiger partial charge in [-0.1, -0.05) is 17.7 Å². The van der Waals surface area contributed by atoms with Gasteiger partial charge in [-0.15, -0.1) is 0 Å². The Kier molecular flexibility index (Phi) is 8.51. The zero-order valence-corrected chi connectivity index (χ0v) is 28.2. The maximum absolute atomic E-state index is 15.5. The Balaban J connectivity index is 1.47. The van der Waals surface area contributed by atoms with Crippen LogP contribution in [0.1, 0.15) is 47.0 Å². The lowest BCUT2D eigenvalue weighted by molar-refractivity contribution is -0.127. The summed E-state index contributed by atoms with van der Waals surface area (Å²) in [5.74, 6) is 0.189. The van der Waals surface area contributed by atoms with Crippen molar-refractivity contribution in [1.82, 2.24) is 19.7 Å². The van der Waals surface area contributed by atoms with Gasteiger partial charge in [-0.05, 0) is 80.1 Å². The van der Waals surface area contributed by atoms with E-state index in [1.165, 1.54) is 30.5 Å². The van der Waals surface area contributed by atoms with Crippen LogP contribution in [0.15, 0.2) is 82.4 Å². The van der Waals surface area contributed by atoms with Crippen LogP contribution in [0.3, 0.4) is 0 Å². The van der Waals surface area contributed by atoms with Gasteiger partial charge in [0.2, 0.25) is 5.89 Å². The van der Waals surface area contributed by atoms with Gasteiger partial charge in [0.15, 0.2) is 5.54 Å². The molecule has 248 valence electrons. The van der Waals surface area contributed by atoms with E-state index in [4.69, 9.17) is 20.8 Å². The van der Waals surface area contributed by atoms with E-state index in [9.17, 15) is 13.7 Å². The van der Waals surface area contributed by atoms with Gasteiger partial charge in [0.25, 0.3) is 15.9 Å². The fraction of sp³-hybridized carbons (Fsp3) is 0.343. The van der Waals surface area contributed by atoms with E-state index in [0.29, 0.717) is 59.3 Å². The Hall–Kier alpha value is -4.25. The lowest BCUT2D eigenvalue weighted by Gasteiger charge is -2.41. The molecule has 2 saturated heterocycles. The number of sulfonamides is 1. The monoisotopic (exact) mass is 686 g/mol. The fourth-order valence-corrected chi connectivity index (χ4v) is 8.94. The van der Waals surface area contributed by atoms with E-state index < -0.39 is 27.5 Å². The molecule has 7 rings (SSSR count). The van der Waals surface area contributed by atoms with Gasteiger partial charge in [0.05, 0.1) is 41.6 Å². The maximum Gasteiger partial charge on any atom is 0.271 e. The number of nitriles is 1. The fourth-order valence-electron chi connectivity index (χ4n) is 7.31. The van der Waals surface area contributed by atoms with Gasteiger partial charge >= 0.3 is 0 Å². The first-order valence-electron chi connectivity index (χ1n) is 15.8. The lowest BCUT2D eigenvalue weighted by atomic mass is 9.80. The predicted octanol–water partition coefficient (Wildman–Crippen LogP) is 4.77. The molecule has 13 heteroatoms. The molecule has 2 atom stereocenters. The average Bonchev–Trinajstić information content (AvgIpc) is 3.85. The zero-order chi connectivity index (χ0) is 33.6. The highest BCUT2D eigenvalue weighted by Crippen LogP contribution is 2.56. The first kappa shape index (κ1) is 32.3. The number of fused-ring (bicyclic) bond motifs is 1. The molecule has 48 heavy (non-hydrogen) atoms. The van der Waals surface area contributed by atoms with Crippen LogP contribution in [0.5, 0.6) is 5.75 Å². The van der Waals surface area contributed by atoms with Gasteiger partial charge in [0.1, 0.15) is 12.0 Å². The quantitative estimate of drug-likeness (QED) is 0.256. The van der Waals surface area contributed by atoms with Gasteiger partial charge in [-0.25, -0.2) is 17.7 Å². The summed E-state index contributed by atoms with van der Waals surface area (Å²) in [6.45, 7) is 4.79. The molecule has 0 spiro atoms. The molecule has 0 radical (unpaired) electrons. The smallest absolute Gasteiger partial charge is 0.271 e. The number of amides is 1. The van der Waals surface area contributed by atoms with Crippen LogP contribution >= 0.6 is 11.6 Å². The summed E-state index contributed by atoms with van der Waals surface area (Å²) in [6, 6.07) is 17.8. The van der Waals surface area contributed by atoms with Crippen molar-refractivity contribution >= 4 is 33.2 Å². The number of likely N-dealkylation sites (tertiary alicyclic amines) is 1. The zero-order valence-electron chi connectivity index (χ0n) is 26.7. The molecule has 3 aromatic carbocycles. The van der Waals surface area contributed by atoms with Crippen molar-refractivity contribution in [2.45, 2.75) is 35.9 Å². The Morgan fingerprint density at radius 1 is 1.04 bits per heavy atom. The van der Waals surface area contributed by atoms with Crippen LogP contribution in [0, 0.1) is 11.3 Å². The normalized spacial score (nSPS) is 22.2. The van der Waals surface area contributed by atoms with Crippen molar-refractivity contribution < 1.29 is 22.4 Å². The van der Waals surface area contributed by atoms with Crippen molar-refractivity contribution in [1.29, 1.82) is 5.26 Å². The molecule has 3 aliphatic heterocycles. The number of likely N-dealkylation sites (N-methyl/N-ethyl adjacent to an activating group) is 1. The first-order valence-corrected chi connectivity index (χ1v) is 17.6. The standard InChI is InChI=1S/C35H35ClN6O5S/c1-39-15-17-40(18-16-39)23-25-7-12-32(46-2)29(20-25)35(41-14-3-4-31(41)33-38-13-19-47-33)28-21-26(36)8-11-30(28)42(34(35)43)48(44,45)27-9-5-24(22-37)6-10-27/h5-13,19-21,31H,3-4,14-18,23H2,1-2H3. The van der Waals surface area contributed by atoms with Crippen LogP contribution in [0.4, 0.5) is 5.69 Å². The minimum atomic E-state index is -4.46. The van der Waals surface area contributed by atoms with Gasteiger partial charge < -0.3 is 14.1 Å². The number of carbonyl (C=O) groups is 1. The summed E-state index contributed by atoms with van der Waals surface area (Å²) in [6.07, 6.45) is 4.41. The van der Waals surface area contributed by atoms with Gasteiger partial charge in [-0.2, -0.15) is 5.26 Å². The number of oxazole rings is 1. The van der Waals surface area contributed by atoms with Crippen molar-refractivity contribution in [3.8, 4) is 11.8 Å².